The van der Waals surface area contributed by atoms with Crippen LogP contribution in [0.2, 0.25) is 5.02 Å². The third-order valence-electron chi connectivity index (χ3n) is 6.08. The molecule has 0 aliphatic carbocycles. The lowest BCUT2D eigenvalue weighted by molar-refractivity contribution is -0.0274. The minimum atomic E-state index is -0.872. The number of rotatable bonds is 16. The van der Waals surface area contributed by atoms with E-state index in [4.69, 9.17) is 21.1 Å². The van der Waals surface area contributed by atoms with Crippen molar-refractivity contribution in [2.24, 2.45) is 5.41 Å². The Morgan fingerprint density at radius 3 is 2.24 bits per heavy atom. The highest BCUT2D eigenvalue weighted by atomic mass is 35.5. The molecule has 3 aromatic rings. The number of halogens is 1. The van der Waals surface area contributed by atoms with E-state index in [1.807, 2.05) is 6.92 Å². The number of anilines is 3. The molecule has 0 spiro atoms. The number of nitrogens with zero attached hydrogens (tertiary/aromatic N) is 1. The van der Waals surface area contributed by atoms with Crippen LogP contribution < -0.4 is 26.8 Å². The van der Waals surface area contributed by atoms with E-state index >= 15 is 0 Å². The zero-order valence-corrected chi connectivity index (χ0v) is 21.9. The number of carbonyl (C=O) groups is 1. The first-order chi connectivity index (χ1) is 18.3. The summed E-state index contributed by atoms with van der Waals surface area (Å²) in [5.41, 5.74) is -1.19. The number of aromatic nitrogens is 1. The highest BCUT2D eigenvalue weighted by Crippen LogP contribution is 2.31. The third kappa shape index (κ3) is 6.95. The number of nitrogens with one attached hydrogen (secondary N) is 3. The van der Waals surface area contributed by atoms with E-state index in [1.54, 1.807) is 54.7 Å². The lowest BCUT2D eigenvalue weighted by Gasteiger charge is -2.41. The van der Waals surface area contributed by atoms with Crippen molar-refractivity contribution in [3.8, 4) is 0 Å². The average molecular weight is 539 g/mol. The molecule has 1 amide bonds. The first-order valence-electron chi connectivity index (χ1n) is 12.1. The van der Waals surface area contributed by atoms with Crippen molar-refractivity contribution >= 4 is 34.6 Å². The van der Waals surface area contributed by atoms with E-state index in [0.717, 1.165) is 0 Å². The molecule has 1 aromatic heterocycles. The van der Waals surface area contributed by atoms with Gasteiger partial charge in [0.2, 0.25) is 0 Å². The van der Waals surface area contributed by atoms with Gasteiger partial charge in [-0.1, -0.05) is 30.7 Å². The first-order valence-corrected chi connectivity index (χ1v) is 12.4. The van der Waals surface area contributed by atoms with Crippen molar-refractivity contribution in [1.82, 2.24) is 10.3 Å². The topological polar surface area (TPSA) is 119 Å². The summed E-state index contributed by atoms with van der Waals surface area (Å²) in [5, 5.41) is 9.53. The SMILES string of the molecule is C=CCOCC(CC)(COCC=C)C(NC(=O)c1ccc(Cl)cc1)Nc1c(Nc2cccnc2)c(=O)c1=O. The minimum Gasteiger partial charge on any atom is -0.377 e. The predicted molar refractivity (Wildman–Crippen MR) is 150 cm³/mol. The van der Waals surface area contributed by atoms with Crippen LogP contribution in [0.1, 0.15) is 23.7 Å². The summed E-state index contributed by atoms with van der Waals surface area (Å²) < 4.78 is 11.7. The van der Waals surface area contributed by atoms with Gasteiger partial charge in [0, 0.05) is 16.8 Å². The summed E-state index contributed by atoms with van der Waals surface area (Å²) in [5.74, 6) is -0.412. The van der Waals surface area contributed by atoms with Gasteiger partial charge >= 0.3 is 0 Å². The molecule has 200 valence electrons. The number of ether oxygens (including phenoxy) is 2. The quantitative estimate of drug-likeness (QED) is 0.108. The van der Waals surface area contributed by atoms with E-state index in [9.17, 15) is 14.4 Å². The lowest BCUT2D eigenvalue weighted by atomic mass is 9.82. The van der Waals surface area contributed by atoms with Gasteiger partial charge in [0.1, 0.15) is 17.5 Å². The molecule has 1 heterocycles. The van der Waals surface area contributed by atoms with Crippen LogP contribution in [0, 0.1) is 5.41 Å². The molecule has 1 unspecified atom stereocenters. The number of hydrogen-bond acceptors (Lipinski definition) is 8. The molecular weight excluding hydrogens is 508 g/mol. The second kappa shape index (κ2) is 13.7. The van der Waals surface area contributed by atoms with Gasteiger partial charge in [-0.15, -0.1) is 13.2 Å². The standard InChI is InChI=1S/C28H31ClN4O5/c1-4-14-37-17-28(6-3,18-38-15-5-2)27(33-26(36)19-9-11-20(29)12-10-19)32-23-22(24(34)25(23)35)31-21-8-7-13-30-16-21/h4-5,7-13,16,27,31-32H,1-2,6,14-15,17-18H2,3H3,(H,33,36). The fourth-order valence-electron chi connectivity index (χ4n) is 3.84. The molecule has 0 radical (unpaired) electrons. The summed E-state index contributed by atoms with van der Waals surface area (Å²) >= 11 is 5.99. The van der Waals surface area contributed by atoms with Crippen molar-refractivity contribution in [2.75, 3.05) is 37.1 Å². The molecule has 3 rings (SSSR count). The minimum absolute atomic E-state index is 0.0468. The summed E-state index contributed by atoms with van der Waals surface area (Å²) in [7, 11) is 0. The van der Waals surface area contributed by atoms with Gasteiger partial charge in [-0.3, -0.25) is 19.4 Å². The van der Waals surface area contributed by atoms with Crippen molar-refractivity contribution < 1.29 is 14.3 Å². The lowest BCUT2D eigenvalue weighted by Crippen LogP contribution is -2.58. The Hall–Kier alpha value is -3.79. The molecule has 1 atom stereocenters. The fraction of sp³-hybridized carbons (Fsp3) is 0.286. The molecule has 0 fully saturated rings. The van der Waals surface area contributed by atoms with Crippen LogP contribution in [-0.2, 0) is 9.47 Å². The van der Waals surface area contributed by atoms with E-state index in [0.29, 0.717) is 22.7 Å². The van der Waals surface area contributed by atoms with Crippen LogP contribution in [0.15, 0.2) is 83.7 Å². The highest BCUT2D eigenvalue weighted by molar-refractivity contribution is 6.30. The zero-order valence-electron chi connectivity index (χ0n) is 21.2. The maximum atomic E-state index is 13.3. The Bertz CT molecular complexity index is 1290. The number of carbonyl (C=O) groups excluding carboxylic acids is 1. The van der Waals surface area contributed by atoms with E-state index < -0.39 is 28.3 Å². The smallest absolute Gasteiger partial charge is 0.253 e. The maximum absolute atomic E-state index is 13.3. The normalized spacial score (nSPS) is 12.1. The van der Waals surface area contributed by atoms with Gasteiger partial charge in [-0.25, -0.2) is 0 Å². The van der Waals surface area contributed by atoms with Crippen molar-refractivity contribution in [3.63, 3.8) is 0 Å². The Morgan fingerprint density at radius 1 is 1.05 bits per heavy atom. The van der Waals surface area contributed by atoms with Crippen LogP contribution in [0.25, 0.3) is 0 Å². The van der Waals surface area contributed by atoms with Crippen LogP contribution in [-0.4, -0.2) is 43.5 Å². The largest absolute Gasteiger partial charge is 0.377 e. The van der Waals surface area contributed by atoms with Crippen molar-refractivity contribution in [2.45, 2.75) is 19.5 Å². The molecular formula is C28H31ClN4O5. The molecule has 38 heavy (non-hydrogen) atoms. The van der Waals surface area contributed by atoms with Gasteiger partial charge in [0.25, 0.3) is 16.8 Å². The number of benzene rings is 1. The molecule has 0 saturated carbocycles. The number of pyridine rings is 1. The molecule has 2 aromatic carbocycles. The molecule has 0 bridgehead atoms. The van der Waals surface area contributed by atoms with Crippen molar-refractivity contribution in [1.29, 1.82) is 0 Å². The monoisotopic (exact) mass is 538 g/mol. The van der Waals surface area contributed by atoms with Crippen LogP contribution in [0.5, 0.6) is 0 Å². The van der Waals surface area contributed by atoms with Crippen LogP contribution in [0.4, 0.5) is 17.1 Å². The highest BCUT2D eigenvalue weighted by Gasteiger charge is 2.41. The second-order valence-electron chi connectivity index (χ2n) is 8.66. The fourth-order valence-corrected chi connectivity index (χ4v) is 3.97. The molecule has 3 N–H and O–H groups in total. The molecule has 0 saturated heterocycles. The Labute approximate surface area is 226 Å². The van der Waals surface area contributed by atoms with Gasteiger partial charge in [-0.2, -0.15) is 0 Å². The van der Waals surface area contributed by atoms with Crippen LogP contribution >= 0.6 is 11.6 Å². The maximum Gasteiger partial charge on any atom is 0.253 e. The summed E-state index contributed by atoms with van der Waals surface area (Å²) in [6, 6.07) is 9.83. The summed E-state index contributed by atoms with van der Waals surface area (Å²) in [6.07, 6.45) is 5.97. The Balaban J connectivity index is 2.00. The Morgan fingerprint density at radius 2 is 1.68 bits per heavy atom. The van der Waals surface area contributed by atoms with Gasteiger partial charge in [0.05, 0.1) is 43.7 Å². The third-order valence-corrected chi connectivity index (χ3v) is 6.33. The summed E-state index contributed by atoms with van der Waals surface area (Å²) in [6.45, 7) is 10.2. The molecule has 0 aliphatic heterocycles. The van der Waals surface area contributed by atoms with Crippen LogP contribution in [0.3, 0.4) is 0 Å². The second-order valence-corrected chi connectivity index (χ2v) is 9.09. The first kappa shape index (κ1) is 28.8. The van der Waals surface area contributed by atoms with Gasteiger partial charge < -0.3 is 25.4 Å². The zero-order chi connectivity index (χ0) is 27.5. The summed E-state index contributed by atoms with van der Waals surface area (Å²) in [4.78, 5) is 42.5. The van der Waals surface area contributed by atoms with E-state index in [1.165, 1.54) is 6.20 Å². The van der Waals surface area contributed by atoms with Gasteiger partial charge in [-0.05, 0) is 42.8 Å². The van der Waals surface area contributed by atoms with Gasteiger partial charge in [0.15, 0.2) is 0 Å². The molecule has 0 aliphatic rings. The van der Waals surface area contributed by atoms with E-state index in [-0.39, 0.29) is 37.8 Å². The Kier molecular flexibility index (Phi) is 10.3. The van der Waals surface area contributed by atoms with E-state index in [2.05, 4.69) is 34.1 Å². The molecule has 10 heteroatoms. The number of hydrogen-bond donors (Lipinski definition) is 3. The predicted octanol–water partition coefficient (Wildman–Crippen LogP) is 4.04. The average Bonchev–Trinajstić information content (AvgIpc) is 2.94. The molecule has 9 nitrogen and oxygen atoms in total. The number of amides is 1. The van der Waals surface area contributed by atoms with Crippen molar-refractivity contribution in [3.05, 3.63) is 105 Å².